The van der Waals surface area contributed by atoms with Crippen LogP contribution in [0.25, 0.3) is 11.2 Å². The summed E-state index contributed by atoms with van der Waals surface area (Å²) in [7, 11) is 5.55. The van der Waals surface area contributed by atoms with Crippen LogP contribution in [0.1, 0.15) is 33.1 Å². The number of hydrogen-bond donors (Lipinski definition) is 1. The zero-order chi connectivity index (χ0) is 22.0. The minimum Gasteiger partial charge on any atom is -0.341 e. The first kappa shape index (κ1) is 22.3. The van der Waals surface area contributed by atoms with Gasteiger partial charge in [0.05, 0.1) is 0 Å². The van der Waals surface area contributed by atoms with Crippen LogP contribution < -0.4 is 21.9 Å². The Balaban J connectivity index is 2.20. The molecule has 30 heavy (non-hydrogen) atoms. The predicted octanol–water partition coefficient (Wildman–Crippen LogP) is 0.742. The van der Waals surface area contributed by atoms with Gasteiger partial charge >= 0.3 is 5.69 Å². The molecule has 1 aliphatic rings. The van der Waals surface area contributed by atoms with E-state index in [4.69, 9.17) is 10.7 Å². The van der Waals surface area contributed by atoms with Gasteiger partial charge in [-0.1, -0.05) is 11.6 Å². The Bertz CT molecular complexity index is 1040. The number of nitrogens with zero attached hydrogens (tertiary/aromatic N) is 6. The molecule has 166 valence electrons. The van der Waals surface area contributed by atoms with Crippen molar-refractivity contribution in [3.63, 3.8) is 0 Å². The molecule has 3 rings (SSSR count). The van der Waals surface area contributed by atoms with Gasteiger partial charge in [-0.25, -0.2) is 4.79 Å². The lowest BCUT2D eigenvalue weighted by atomic mass is 10.1. The number of aromatic nitrogens is 4. The summed E-state index contributed by atoms with van der Waals surface area (Å²) in [5.41, 5.74) is 7.70. The smallest absolute Gasteiger partial charge is 0.332 e. The van der Waals surface area contributed by atoms with Crippen LogP contribution in [0.2, 0.25) is 0 Å². The Morgan fingerprint density at radius 2 is 2.00 bits per heavy atom. The number of aryl methyl sites for hydroxylation is 1. The number of rotatable bonds is 7. The van der Waals surface area contributed by atoms with E-state index in [1.54, 1.807) is 11.6 Å². The van der Waals surface area contributed by atoms with E-state index < -0.39 is 0 Å². The van der Waals surface area contributed by atoms with Crippen molar-refractivity contribution in [3.8, 4) is 0 Å². The third-order valence-corrected chi connectivity index (χ3v) is 5.62. The van der Waals surface area contributed by atoms with E-state index in [1.165, 1.54) is 4.57 Å². The topological polar surface area (TPSA) is 94.3 Å². The van der Waals surface area contributed by atoms with Gasteiger partial charge < -0.3 is 20.1 Å². The molecule has 0 saturated carbocycles. The van der Waals surface area contributed by atoms with Gasteiger partial charge in [-0.3, -0.25) is 13.9 Å². The molecule has 9 heteroatoms. The van der Waals surface area contributed by atoms with Crippen LogP contribution in [0.15, 0.2) is 21.2 Å². The molecule has 1 unspecified atom stereocenters. The van der Waals surface area contributed by atoms with Crippen molar-refractivity contribution in [1.29, 1.82) is 0 Å². The number of allylic oxidation sites excluding steroid dienone is 2. The largest absolute Gasteiger partial charge is 0.341 e. The standard InChI is InChI=1S/C21H35N7O2/c1-15(2)9-13-27-17-18(23-20(27)26-11-6-8-16(22)14-26)28(12-7-10-24(3)4)21(30)25(5)19(17)29/h9,16H,6-8,10-14,22H2,1-5H3. The molecule has 2 aromatic heterocycles. The van der Waals surface area contributed by atoms with Gasteiger partial charge in [0.2, 0.25) is 5.95 Å². The second-order valence-corrected chi connectivity index (χ2v) is 8.78. The Kier molecular flexibility index (Phi) is 6.82. The summed E-state index contributed by atoms with van der Waals surface area (Å²) in [6.07, 6.45) is 4.85. The van der Waals surface area contributed by atoms with Gasteiger partial charge in [0.25, 0.3) is 5.56 Å². The fraction of sp³-hybridized carbons (Fsp3) is 0.667. The third kappa shape index (κ3) is 4.52. The molecular weight excluding hydrogens is 382 g/mol. The Morgan fingerprint density at radius 3 is 2.63 bits per heavy atom. The fourth-order valence-corrected chi connectivity index (χ4v) is 3.97. The summed E-state index contributed by atoms with van der Waals surface area (Å²) in [5.74, 6) is 0.724. The molecule has 2 aromatic rings. The van der Waals surface area contributed by atoms with E-state index in [1.807, 2.05) is 32.5 Å². The van der Waals surface area contributed by atoms with Crippen molar-refractivity contribution in [1.82, 2.24) is 23.6 Å². The van der Waals surface area contributed by atoms with Crippen molar-refractivity contribution in [2.75, 3.05) is 38.6 Å². The van der Waals surface area contributed by atoms with Crippen molar-refractivity contribution < 1.29 is 0 Å². The normalized spacial score (nSPS) is 17.2. The molecule has 1 fully saturated rings. The highest BCUT2D eigenvalue weighted by Gasteiger charge is 2.26. The maximum absolute atomic E-state index is 13.1. The lowest BCUT2D eigenvalue weighted by molar-refractivity contribution is 0.384. The summed E-state index contributed by atoms with van der Waals surface area (Å²) in [5, 5.41) is 0. The van der Waals surface area contributed by atoms with Crippen LogP contribution in [0.5, 0.6) is 0 Å². The van der Waals surface area contributed by atoms with Crippen LogP contribution in [0.3, 0.4) is 0 Å². The highest BCUT2D eigenvalue weighted by atomic mass is 16.2. The maximum atomic E-state index is 13.1. The van der Waals surface area contributed by atoms with Crippen molar-refractivity contribution in [2.45, 2.75) is 52.2 Å². The molecule has 0 aromatic carbocycles. The predicted molar refractivity (Wildman–Crippen MR) is 121 cm³/mol. The summed E-state index contributed by atoms with van der Waals surface area (Å²) in [6, 6.07) is 0.0839. The number of imidazole rings is 1. The molecule has 1 saturated heterocycles. The molecule has 2 N–H and O–H groups in total. The first-order valence-corrected chi connectivity index (χ1v) is 10.7. The van der Waals surface area contributed by atoms with E-state index in [-0.39, 0.29) is 17.3 Å². The summed E-state index contributed by atoms with van der Waals surface area (Å²) >= 11 is 0. The van der Waals surface area contributed by atoms with E-state index in [2.05, 4.69) is 15.9 Å². The average molecular weight is 418 g/mol. The third-order valence-electron chi connectivity index (χ3n) is 5.62. The second-order valence-electron chi connectivity index (χ2n) is 8.78. The van der Waals surface area contributed by atoms with E-state index in [0.717, 1.165) is 43.9 Å². The van der Waals surface area contributed by atoms with Crippen LogP contribution in [0.4, 0.5) is 5.95 Å². The number of anilines is 1. The molecular formula is C21H35N7O2. The maximum Gasteiger partial charge on any atom is 0.332 e. The lowest BCUT2D eigenvalue weighted by Gasteiger charge is -2.31. The molecule has 0 spiro atoms. The highest BCUT2D eigenvalue weighted by molar-refractivity contribution is 5.75. The van der Waals surface area contributed by atoms with Gasteiger partial charge in [-0.05, 0) is 53.8 Å². The Morgan fingerprint density at radius 1 is 1.27 bits per heavy atom. The number of fused-ring (bicyclic) bond motifs is 1. The number of nitrogens with two attached hydrogens (primary N) is 1. The highest BCUT2D eigenvalue weighted by Crippen LogP contribution is 2.23. The summed E-state index contributed by atoms with van der Waals surface area (Å²) < 4.78 is 4.79. The van der Waals surface area contributed by atoms with Crippen LogP contribution in [0, 0.1) is 0 Å². The summed E-state index contributed by atoms with van der Waals surface area (Å²) in [4.78, 5) is 35.1. The molecule has 1 atom stereocenters. The number of hydrogen-bond acceptors (Lipinski definition) is 6. The lowest BCUT2D eigenvalue weighted by Crippen LogP contribution is -2.44. The minimum absolute atomic E-state index is 0.0839. The van der Waals surface area contributed by atoms with Crippen LogP contribution in [-0.2, 0) is 20.1 Å². The Hall–Kier alpha value is -2.39. The van der Waals surface area contributed by atoms with E-state index in [9.17, 15) is 9.59 Å². The fourth-order valence-electron chi connectivity index (χ4n) is 3.97. The van der Waals surface area contributed by atoms with Gasteiger partial charge in [-0.15, -0.1) is 0 Å². The van der Waals surface area contributed by atoms with Gasteiger partial charge in [0.15, 0.2) is 11.2 Å². The molecule has 1 aliphatic heterocycles. The van der Waals surface area contributed by atoms with Crippen LogP contribution in [-0.4, -0.2) is 63.4 Å². The summed E-state index contributed by atoms with van der Waals surface area (Å²) in [6.45, 7) is 7.50. The quantitative estimate of drug-likeness (QED) is 0.668. The molecule has 0 radical (unpaired) electrons. The number of piperidine rings is 1. The van der Waals surface area contributed by atoms with Gasteiger partial charge in [0, 0.05) is 39.3 Å². The minimum atomic E-state index is -0.319. The molecule has 3 heterocycles. The van der Waals surface area contributed by atoms with Crippen molar-refractivity contribution >= 4 is 17.1 Å². The van der Waals surface area contributed by atoms with Crippen molar-refractivity contribution in [3.05, 3.63) is 32.5 Å². The van der Waals surface area contributed by atoms with E-state index in [0.29, 0.717) is 30.8 Å². The van der Waals surface area contributed by atoms with E-state index >= 15 is 0 Å². The monoisotopic (exact) mass is 417 g/mol. The van der Waals surface area contributed by atoms with Gasteiger partial charge in [-0.2, -0.15) is 4.98 Å². The average Bonchev–Trinajstić information content (AvgIpc) is 3.06. The SMILES string of the molecule is CC(C)=CCn1c(N2CCCC(N)C2)nc2c1c(=O)n(C)c(=O)n2CCCN(C)C. The zero-order valence-electron chi connectivity index (χ0n) is 18.9. The first-order valence-electron chi connectivity index (χ1n) is 10.7. The van der Waals surface area contributed by atoms with Crippen LogP contribution >= 0.6 is 0 Å². The van der Waals surface area contributed by atoms with Gasteiger partial charge in [0.1, 0.15) is 0 Å². The van der Waals surface area contributed by atoms with Crippen molar-refractivity contribution in [2.24, 2.45) is 12.8 Å². The zero-order valence-corrected chi connectivity index (χ0v) is 18.9. The first-order chi connectivity index (χ1) is 14.2. The second kappa shape index (κ2) is 9.18. The molecule has 0 amide bonds. The molecule has 9 nitrogen and oxygen atoms in total. The Labute approximate surface area is 177 Å². The molecule has 0 aliphatic carbocycles. The molecule has 0 bridgehead atoms.